The maximum Gasteiger partial charge on any atom is 0.221 e. The molecule has 2 aromatic carbocycles. The van der Waals surface area contributed by atoms with Gasteiger partial charge in [-0.1, -0.05) is 35.9 Å². The Morgan fingerprint density at radius 1 is 1.19 bits per heavy atom. The number of hydrogen-bond acceptors (Lipinski definition) is 3. The molecular weight excluding hydrogens is 264 g/mol. The molecule has 3 N–H and O–H groups in total. The number of anilines is 1. The van der Waals surface area contributed by atoms with Gasteiger partial charge in [0, 0.05) is 17.8 Å². The monoisotopic (exact) mass is 284 g/mol. The summed E-state index contributed by atoms with van der Waals surface area (Å²) < 4.78 is 5.37. The molecule has 0 aliphatic carbocycles. The van der Waals surface area contributed by atoms with Crippen LogP contribution in [0.2, 0.25) is 0 Å². The summed E-state index contributed by atoms with van der Waals surface area (Å²) in [5.41, 5.74) is 9.35. The maximum atomic E-state index is 11.1. The molecular formula is C17H20N2O2. The third-order valence-electron chi connectivity index (χ3n) is 3.29. The zero-order valence-electron chi connectivity index (χ0n) is 12.3. The molecule has 0 saturated heterocycles. The molecule has 0 unspecified atom stereocenters. The van der Waals surface area contributed by atoms with Crippen LogP contribution in [-0.4, -0.2) is 13.0 Å². The van der Waals surface area contributed by atoms with Crippen molar-refractivity contribution < 1.29 is 9.53 Å². The van der Waals surface area contributed by atoms with E-state index in [9.17, 15) is 4.79 Å². The molecule has 0 aliphatic rings. The second-order valence-electron chi connectivity index (χ2n) is 4.97. The molecule has 0 fully saturated rings. The largest absolute Gasteiger partial charge is 0.496 e. The lowest BCUT2D eigenvalue weighted by molar-refractivity contribution is -0.117. The Morgan fingerprint density at radius 2 is 1.95 bits per heavy atom. The summed E-state index contributed by atoms with van der Waals surface area (Å²) in [5.74, 6) is 0.512. The lowest BCUT2D eigenvalue weighted by Crippen LogP contribution is -2.15. The van der Waals surface area contributed by atoms with Crippen LogP contribution >= 0.6 is 0 Å². The third kappa shape index (κ3) is 3.99. The van der Waals surface area contributed by atoms with E-state index in [4.69, 9.17) is 10.5 Å². The lowest BCUT2D eigenvalue weighted by Gasteiger charge is -2.14. The number of primary amides is 1. The highest BCUT2D eigenvalue weighted by molar-refractivity contribution is 5.78. The molecule has 0 bridgehead atoms. The minimum Gasteiger partial charge on any atom is -0.496 e. The summed E-state index contributed by atoms with van der Waals surface area (Å²) in [6, 6.07) is 13.7. The van der Waals surface area contributed by atoms with Gasteiger partial charge in [-0.05, 0) is 24.6 Å². The van der Waals surface area contributed by atoms with Crippen LogP contribution in [0.25, 0.3) is 0 Å². The number of amides is 1. The van der Waals surface area contributed by atoms with Crippen LogP contribution in [0.3, 0.4) is 0 Å². The van der Waals surface area contributed by atoms with Gasteiger partial charge < -0.3 is 15.8 Å². The van der Waals surface area contributed by atoms with Crippen LogP contribution < -0.4 is 15.8 Å². The van der Waals surface area contributed by atoms with Crippen LogP contribution in [0.4, 0.5) is 5.69 Å². The third-order valence-corrected chi connectivity index (χ3v) is 3.29. The Labute approximate surface area is 124 Å². The molecule has 0 radical (unpaired) electrons. The van der Waals surface area contributed by atoms with Crippen LogP contribution in [0.15, 0.2) is 42.5 Å². The van der Waals surface area contributed by atoms with Crippen molar-refractivity contribution >= 4 is 11.6 Å². The fourth-order valence-electron chi connectivity index (χ4n) is 2.27. The maximum absolute atomic E-state index is 11.1. The Kier molecular flexibility index (Phi) is 4.82. The number of carbonyl (C=O) groups excluding carboxylic acids is 1. The SMILES string of the molecule is COc1ccc(C)cc1CNc1ccccc1CC(N)=O. The van der Waals surface area contributed by atoms with Gasteiger partial charge in [-0.2, -0.15) is 0 Å². The van der Waals surface area contributed by atoms with E-state index in [1.54, 1.807) is 7.11 Å². The van der Waals surface area contributed by atoms with E-state index >= 15 is 0 Å². The Hall–Kier alpha value is -2.49. The first kappa shape index (κ1) is 14.9. The minimum absolute atomic E-state index is 0.230. The number of ether oxygens (including phenoxy) is 1. The molecule has 4 nitrogen and oxygen atoms in total. The summed E-state index contributed by atoms with van der Waals surface area (Å²) >= 11 is 0. The van der Waals surface area contributed by atoms with Gasteiger partial charge in [0.1, 0.15) is 5.75 Å². The van der Waals surface area contributed by atoms with Gasteiger partial charge in [0.2, 0.25) is 5.91 Å². The molecule has 0 heterocycles. The summed E-state index contributed by atoms with van der Waals surface area (Å²) in [6.45, 7) is 2.67. The quantitative estimate of drug-likeness (QED) is 0.857. The molecule has 0 aromatic heterocycles. The zero-order valence-corrected chi connectivity index (χ0v) is 12.3. The van der Waals surface area contributed by atoms with Gasteiger partial charge in [-0.3, -0.25) is 4.79 Å². The highest BCUT2D eigenvalue weighted by atomic mass is 16.5. The number of methoxy groups -OCH3 is 1. The predicted molar refractivity (Wildman–Crippen MR) is 84.4 cm³/mol. The normalized spacial score (nSPS) is 10.2. The number of para-hydroxylation sites is 1. The van der Waals surface area contributed by atoms with E-state index in [1.807, 2.05) is 43.3 Å². The second kappa shape index (κ2) is 6.79. The predicted octanol–water partition coefficient (Wildman–Crippen LogP) is 2.64. The number of benzene rings is 2. The first-order valence-electron chi connectivity index (χ1n) is 6.83. The van der Waals surface area contributed by atoms with Crippen molar-refractivity contribution in [1.29, 1.82) is 0 Å². The van der Waals surface area contributed by atoms with Crippen molar-refractivity contribution in [2.45, 2.75) is 19.9 Å². The van der Waals surface area contributed by atoms with E-state index in [-0.39, 0.29) is 12.3 Å². The number of nitrogens with two attached hydrogens (primary N) is 1. The molecule has 1 amide bonds. The second-order valence-corrected chi connectivity index (χ2v) is 4.97. The van der Waals surface area contributed by atoms with Gasteiger partial charge in [-0.25, -0.2) is 0 Å². The average molecular weight is 284 g/mol. The minimum atomic E-state index is -0.336. The summed E-state index contributed by atoms with van der Waals surface area (Å²) in [5, 5.41) is 3.35. The summed E-state index contributed by atoms with van der Waals surface area (Å²) in [7, 11) is 1.66. The first-order chi connectivity index (χ1) is 10.1. The van der Waals surface area contributed by atoms with E-state index in [1.165, 1.54) is 5.56 Å². The fourth-order valence-corrected chi connectivity index (χ4v) is 2.27. The van der Waals surface area contributed by atoms with Crippen molar-refractivity contribution in [3.8, 4) is 5.75 Å². The van der Waals surface area contributed by atoms with Crippen molar-refractivity contribution in [2.24, 2.45) is 5.73 Å². The van der Waals surface area contributed by atoms with E-state index in [0.717, 1.165) is 22.6 Å². The Morgan fingerprint density at radius 3 is 2.67 bits per heavy atom. The Bertz CT molecular complexity index is 638. The van der Waals surface area contributed by atoms with E-state index < -0.39 is 0 Å². The van der Waals surface area contributed by atoms with Gasteiger partial charge in [0.15, 0.2) is 0 Å². The van der Waals surface area contributed by atoms with Gasteiger partial charge >= 0.3 is 0 Å². The average Bonchev–Trinajstić information content (AvgIpc) is 2.46. The number of hydrogen-bond donors (Lipinski definition) is 2. The van der Waals surface area contributed by atoms with Crippen LogP contribution in [0.1, 0.15) is 16.7 Å². The van der Waals surface area contributed by atoms with E-state index in [0.29, 0.717) is 6.54 Å². The van der Waals surface area contributed by atoms with E-state index in [2.05, 4.69) is 11.4 Å². The number of nitrogens with one attached hydrogen (secondary N) is 1. The van der Waals surface area contributed by atoms with Crippen molar-refractivity contribution in [3.05, 3.63) is 59.2 Å². The molecule has 0 saturated carbocycles. The van der Waals surface area contributed by atoms with Crippen molar-refractivity contribution in [3.63, 3.8) is 0 Å². The lowest BCUT2D eigenvalue weighted by atomic mass is 10.1. The van der Waals surface area contributed by atoms with Crippen LogP contribution in [0, 0.1) is 6.92 Å². The van der Waals surface area contributed by atoms with Crippen LogP contribution in [0.5, 0.6) is 5.75 Å². The summed E-state index contributed by atoms with van der Waals surface area (Å²) in [4.78, 5) is 11.1. The molecule has 110 valence electrons. The zero-order chi connectivity index (χ0) is 15.2. The number of rotatable bonds is 6. The van der Waals surface area contributed by atoms with Crippen molar-refractivity contribution in [1.82, 2.24) is 0 Å². The molecule has 2 rings (SSSR count). The number of carbonyl (C=O) groups is 1. The number of aryl methyl sites for hydroxylation is 1. The van der Waals surface area contributed by atoms with Gasteiger partial charge in [-0.15, -0.1) is 0 Å². The van der Waals surface area contributed by atoms with Crippen LogP contribution in [-0.2, 0) is 17.8 Å². The molecule has 21 heavy (non-hydrogen) atoms. The fraction of sp³-hybridized carbons (Fsp3) is 0.235. The Balaban J connectivity index is 2.17. The standard InChI is InChI=1S/C17H20N2O2/c1-12-7-8-16(21-2)14(9-12)11-19-15-6-4-3-5-13(15)10-17(18)20/h3-9,19H,10-11H2,1-2H3,(H2,18,20). The highest BCUT2D eigenvalue weighted by Gasteiger charge is 2.07. The highest BCUT2D eigenvalue weighted by Crippen LogP contribution is 2.22. The molecule has 0 aliphatic heterocycles. The molecule has 2 aromatic rings. The van der Waals surface area contributed by atoms with Gasteiger partial charge in [0.25, 0.3) is 0 Å². The first-order valence-corrected chi connectivity index (χ1v) is 6.83. The topological polar surface area (TPSA) is 64.3 Å². The molecule has 4 heteroatoms. The summed E-state index contributed by atoms with van der Waals surface area (Å²) in [6.07, 6.45) is 0.230. The van der Waals surface area contributed by atoms with Gasteiger partial charge in [0.05, 0.1) is 13.5 Å². The molecule has 0 atom stereocenters. The molecule has 0 spiro atoms. The van der Waals surface area contributed by atoms with Crippen molar-refractivity contribution in [2.75, 3.05) is 12.4 Å². The smallest absolute Gasteiger partial charge is 0.221 e.